The second-order valence-electron chi connectivity index (χ2n) is 7.55. The third-order valence-electron chi connectivity index (χ3n) is 4.98. The van der Waals surface area contributed by atoms with Gasteiger partial charge in [0.05, 0.1) is 6.61 Å². The first-order chi connectivity index (χ1) is 15.7. The van der Waals surface area contributed by atoms with Gasteiger partial charge in [-0.3, -0.25) is 4.79 Å². The number of hydrogen-bond donors (Lipinski definition) is 0. The van der Waals surface area contributed by atoms with Crippen molar-refractivity contribution in [2.24, 2.45) is 4.99 Å². The predicted molar refractivity (Wildman–Crippen MR) is 128 cm³/mol. The minimum atomic E-state index is -0.320. The van der Waals surface area contributed by atoms with Crippen LogP contribution in [0.15, 0.2) is 89.9 Å². The van der Waals surface area contributed by atoms with Crippen LogP contribution in [0.1, 0.15) is 27.0 Å². The maximum absolute atomic E-state index is 12.9. The molecule has 0 atom stereocenters. The van der Waals surface area contributed by atoms with Crippen LogP contribution in [0.5, 0.6) is 0 Å². The first-order valence-electron chi connectivity index (χ1n) is 10.8. The summed E-state index contributed by atoms with van der Waals surface area (Å²) in [5.41, 5.74) is 3.89. The van der Waals surface area contributed by atoms with Crippen LogP contribution in [-0.4, -0.2) is 43.7 Å². The third-order valence-corrected chi connectivity index (χ3v) is 4.98. The van der Waals surface area contributed by atoms with Crippen molar-refractivity contribution in [3.63, 3.8) is 0 Å². The molecule has 0 N–H and O–H groups in total. The van der Waals surface area contributed by atoms with Gasteiger partial charge >= 0.3 is 0 Å². The number of amides is 1. The van der Waals surface area contributed by atoms with Crippen LogP contribution in [0.3, 0.4) is 0 Å². The van der Waals surface area contributed by atoms with E-state index in [1.54, 1.807) is 13.2 Å². The summed E-state index contributed by atoms with van der Waals surface area (Å²) in [5, 5.41) is 0. The second kappa shape index (κ2) is 12.4. The molecule has 0 saturated heterocycles. The lowest BCUT2D eigenvalue weighted by molar-refractivity contribution is 0.0980. The lowest BCUT2D eigenvalue weighted by atomic mass is 10.1. The van der Waals surface area contributed by atoms with Crippen molar-refractivity contribution in [1.82, 2.24) is 4.90 Å². The summed E-state index contributed by atoms with van der Waals surface area (Å²) in [6.45, 7) is 3.92. The molecule has 0 fully saturated rings. The fraction of sp³-hybridized carbons (Fsp3) is 0.259. The highest BCUT2D eigenvalue weighted by atomic mass is 16.5. The number of nitrogens with zero attached hydrogens (tertiary/aromatic N) is 2. The number of aliphatic imine (C=N–C) groups is 1. The Balaban J connectivity index is 1.88. The topological polar surface area (TPSA) is 51.1 Å². The van der Waals surface area contributed by atoms with E-state index in [-0.39, 0.29) is 5.91 Å². The molecule has 5 heteroatoms. The molecule has 0 aliphatic rings. The maximum Gasteiger partial charge on any atom is 0.295 e. The van der Waals surface area contributed by atoms with Gasteiger partial charge in [-0.25, -0.2) is 0 Å². The van der Waals surface area contributed by atoms with E-state index < -0.39 is 0 Å². The quantitative estimate of drug-likeness (QED) is 0.275. The monoisotopic (exact) mass is 430 g/mol. The van der Waals surface area contributed by atoms with Crippen LogP contribution in [0.4, 0.5) is 0 Å². The van der Waals surface area contributed by atoms with Crippen molar-refractivity contribution in [3.05, 3.63) is 107 Å². The molecular weight excluding hydrogens is 400 g/mol. The fourth-order valence-corrected chi connectivity index (χ4v) is 3.29. The fourth-order valence-electron chi connectivity index (χ4n) is 3.29. The van der Waals surface area contributed by atoms with Crippen molar-refractivity contribution in [1.29, 1.82) is 0 Å². The van der Waals surface area contributed by atoms with Gasteiger partial charge in [0.25, 0.3) is 11.9 Å². The Morgan fingerprint density at radius 3 is 2.22 bits per heavy atom. The summed E-state index contributed by atoms with van der Waals surface area (Å²) < 4.78 is 11.1. The molecule has 0 bridgehead atoms. The molecule has 1 amide bonds. The summed E-state index contributed by atoms with van der Waals surface area (Å²) in [6, 6.07) is 28.1. The molecule has 0 saturated carbocycles. The highest BCUT2D eigenvalue weighted by Crippen LogP contribution is 2.12. The highest BCUT2D eigenvalue weighted by molar-refractivity contribution is 6.01. The van der Waals surface area contributed by atoms with Crippen LogP contribution >= 0.6 is 0 Å². The van der Waals surface area contributed by atoms with E-state index in [1.165, 1.54) is 5.56 Å². The zero-order valence-electron chi connectivity index (χ0n) is 18.7. The Bertz CT molecular complexity index is 1000. The van der Waals surface area contributed by atoms with E-state index in [9.17, 15) is 4.79 Å². The third kappa shape index (κ3) is 7.36. The molecule has 3 rings (SSSR count). The lowest BCUT2D eigenvalue weighted by Crippen LogP contribution is -2.35. The molecule has 166 valence electrons. The second-order valence-corrected chi connectivity index (χ2v) is 7.55. The Labute approximate surface area is 190 Å². The number of amidine groups is 1. The molecule has 32 heavy (non-hydrogen) atoms. The minimum absolute atomic E-state index is 0.313. The van der Waals surface area contributed by atoms with E-state index in [0.717, 1.165) is 17.5 Å². The van der Waals surface area contributed by atoms with Crippen molar-refractivity contribution in [2.45, 2.75) is 19.9 Å². The molecule has 3 aromatic rings. The molecule has 0 spiro atoms. The standard InChI is InChI=1S/C27H30N2O3/c1-22-10-9-15-25(20-22)26(30)28-27(32-19-18-31-2)29(21-24-13-7-4-8-14-24)17-16-23-11-5-3-6-12-23/h3-15,20H,16-19,21H2,1-2H3. The van der Waals surface area contributed by atoms with Gasteiger partial charge in [-0.05, 0) is 36.6 Å². The molecule has 0 radical (unpaired) electrons. The van der Waals surface area contributed by atoms with E-state index in [2.05, 4.69) is 29.3 Å². The Hall–Kier alpha value is -3.44. The predicted octanol–water partition coefficient (Wildman–Crippen LogP) is 4.90. The molecule has 5 nitrogen and oxygen atoms in total. The summed E-state index contributed by atoms with van der Waals surface area (Å²) in [4.78, 5) is 19.4. The first-order valence-corrected chi connectivity index (χ1v) is 10.8. The van der Waals surface area contributed by atoms with Gasteiger partial charge in [0.1, 0.15) is 6.61 Å². The molecule has 3 aromatic carbocycles. The van der Waals surface area contributed by atoms with Gasteiger partial charge < -0.3 is 14.4 Å². The van der Waals surface area contributed by atoms with Crippen molar-refractivity contribution in [2.75, 3.05) is 26.9 Å². The number of aryl methyl sites for hydroxylation is 1. The number of carbonyl (C=O) groups excluding carboxylic acids is 1. The van der Waals surface area contributed by atoms with E-state index in [1.807, 2.05) is 66.4 Å². The van der Waals surface area contributed by atoms with Gasteiger partial charge in [-0.1, -0.05) is 78.4 Å². The van der Waals surface area contributed by atoms with Gasteiger partial charge in [0, 0.05) is 25.8 Å². The summed E-state index contributed by atoms with van der Waals surface area (Å²) >= 11 is 0. The maximum atomic E-state index is 12.9. The number of methoxy groups -OCH3 is 1. The smallest absolute Gasteiger partial charge is 0.295 e. The van der Waals surface area contributed by atoms with Gasteiger partial charge in [-0.15, -0.1) is 0 Å². The largest absolute Gasteiger partial charge is 0.462 e. The molecular formula is C27H30N2O3. The van der Waals surface area contributed by atoms with Crippen molar-refractivity contribution >= 4 is 11.9 Å². The van der Waals surface area contributed by atoms with Gasteiger partial charge in [0.2, 0.25) is 0 Å². The minimum Gasteiger partial charge on any atom is -0.462 e. The number of ether oxygens (including phenoxy) is 2. The van der Waals surface area contributed by atoms with Gasteiger partial charge in [-0.2, -0.15) is 4.99 Å². The first kappa shape index (κ1) is 23.2. The van der Waals surface area contributed by atoms with Crippen molar-refractivity contribution in [3.8, 4) is 0 Å². The van der Waals surface area contributed by atoms with Crippen LogP contribution in [0.2, 0.25) is 0 Å². The van der Waals surface area contributed by atoms with E-state index in [4.69, 9.17) is 9.47 Å². The summed E-state index contributed by atoms with van der Waals surface area (Å²) in [7, 11) is 1.62. The molecule has 0 aliphatic carbocycles. The normalized spacial score (nSPS) is 11.2. The Morgan fingerprint density at radius 1 is 0.875 bits per heavy atom. The zero-order chi connectivity index (χ0) is 22.6. The molecule has 0 unspecified atom stereocenters. The van der Waals surface area contributed by atoms with Crippen LogP contribution in [0.25, 0.3) is 0 Å². The van der Waals surface area contributed by atoms with E-state index in [0.29, 0.717) is 37.9 Å². The van der Waals surface area contributed by atoms with Crippen LogP contribution in [-0.2, 0) is 22.4 Å². The molecule has 0 aromatic heterocycles. The highest BCUT2D eigenvalue weighted by Gasteiger charge is 2.17. The Morgan fingerprint density at radius 2 is 1.56 bits per heavy atom. The van der Waals surface area contributed by atoms with Crippen LogP contribution in [0, 0.1) is 6.92 Å². The summed E-state index contributed by atoms with van der Waals surface area (Å²) in [6.07, 6.45) is 0.805. The SMILES string of the molecule is COCCOC(=NC(=O)c1cccc(C)c1)N(CCc1ccccc1)Cc1ccccc1. The number of hydrogen-bond acceptors (Lipinski definition) is 3. The van der Waals surface area contributed by atoms with Gasteiger partial charge in [0.15, 0.2) is 0 Å². The Kier molecular flexibility index (Phi) is 9.02. The number of carbonyl (C=O) groups is 1. The molecule has 0 aliphatic heterocycles. The zero-order valence-corrected chi connectivity index (χ0v) is 18.7. The average Bonchev–Trinajstić information content (AvgIpc) is 2.82. The average molecular weight is 431 g/mol. The van der Waals surface area contributed by atoms with Crippen LogP contribution < -0.4 is 0 Å². The molecule has 0 heterocycles. The summed E-state index contributed by atoms with van der Waals surface area (Å²) in [5.74, 6) is -0.320. The lowest BCUT2D eigenvalue weighted by Gasteiger charge is -2.26. The van der Waals surface area contributed by atoms with E-state index >= 15 is 0 Å². The van der Waals surface area contributed by atoms with Crippen molar-refractivity contribution < 1.29 is 14.3 Å². The number of benzene rings is 3. The number of rotatable bonds is 9.